The van der Waals surface area contributed by atoms with Gasteiger partial charge in [-0.05, 0) is 37.3 Å². The Labute approximate surface area is 126 Å². The standard InChI is InChI=1S/C16H15BrO3/c1-3-20-15-9-8-11(17)10-13(15)16(18)12-6-4-5-7-14(12)19-2/h4-10H,3H2,1-2H3. The summed E-state index contributed by atoms with van der Waals surface area (Å²) < 4.78 is 11.6. The number of carbonyl (C=O) groups is 1. The maximum Gasteiger partial charge on any atom is 0.200 e. The third kappa shape index (κ3) is 3.02. The number of hydrogen-bond donors (Lipinski definition) is 0. The Bertz CT molecular complexity index is 623. The number of carbonyl (C=O) groups excluding carboxylic acids is 1. The van der Waals surface area contributed by atoms with Gasteiger partial charge in [-0.15, -0.1) is 0 Å². The minimum atomic E-state index is -0.118. The molecule has 0 aliphatic heterocycles. The van der Waals surface area contributed by atoms with Gasteiger partial charge in [0.05, 0.1) is 24.8 Å². The first-order valence-electron chi connectivity index (χ1n) is 6.27. The van der Waals surface area contributed by atoms with Crippen LogP contribution in [-0.2, 0) is 0 Å². The summed E-state index contributed by atoms with van der Waals surface area (Å²) in [6.07, 6.45) is 0. The maximum absolute atomic E-state index is 12.7. The molecule has 0 aromatic heterocycles. The van der Waals surface area contributed by atoms with E-state index < -0.39 is 0 Å². The van der Waals surface area contributed by atoms with Crippen molar-refractivity contribution < 1.29 is 14.3 Å². The lowest BCUT2D eigenvalue weighted by atomic mass is 10.0. The van der Waals surface area contributed by atoms with Crippen LogP contribution >= 0.6 is 15.9 Å². The van der Waals surface area contributed by atoms with Gasteiger partial charge in [-0.3, -0.25) is 4.79 Å². The quantitative estimate of drug-likeness (QED) is 0.772. The molecule has 0 bridgehead atoms. The molecule has 2 rings (SSSR count). The second kappa shape index (κ2) is 6.57. The van der Waals surface area contributed by atoms with Crippen LogP contribution in [-0.4, -0.2) is 19.5 Å². The van der Waals surface area contributed by atoms with E-state index >= 15 is 0 Å². The summed E-state index contributed by atoms with van der Waals surface area (Å²) in [4.78, 5) is 12.7. The zero-order valence-electron chi connectivity index (χ0n) is 11.4. The zero-order chi connectivity index (χ0) is 14.5. The van der Waals surface area contributed by atoms with Gasteiger partial charge < -0.3 is 9.47 Å². The van der Waals surface area contributed by atoms with Crippen molar-refractivity contribution >= 4 is 21.7 Å². The van der Waals surface area contributed by atoms with Crippen LogP contribution in [0.25, 0.3) is 0 Å². The Morgan fingerprint density at radius 3 is 2.55 bits per heavy atom. The first-order valence-corrected chi connectivity index (χ1v) is 7.06. The lowest BCUT2D eigenvalue weighted by molar-refractivity contribution is 0.103. The summed E-state index contributed by atoms with van der Waals surface area (Å²) in [5.74, 6) is 1.01. The predicted octanol–water partition coefficient (Wildman–Crippen LogP) is 4.09. The van der Waals surface area contributed by atoms with Crippen LogP contribution in [0.4, 0.5) is 0 Å². The molecule has 2 aromatic carbocycles. The van der Waals surface area contributed by atoms with Crippen molar-refractivity contribution in [3.63, 3.8) is 0 Å². The van der Waals surface area contributed by atoms with Crippen molar-refractivity contribution in [2.24, 2.45) is 0 Å². The summed E-state index contributed by atoms with van der Waals surface area (Å²) in [5, 5.41) is 0. The SMILES string of the molecule is CCOc1ccc(Br)cc1C(=O)c1ccccc1OC. The van der Waals surface area contributed by atoms with E-state index in [-0.39, 0.29) is 5.78 Å². The monoisotopic (exact) mass is 334 g/mol. The zero-order valence-corrected chi connectivity index (χ0v) is 12.9. The summed E-state index contributed by atoms with van der Waals surface area (Å²) in [7, 11) is 1.55. The molecule has 0 N–H and O–H groups in total. The van der Waals surface area contributed by atoms with E-state index in [0.29, 0.717) is 29.2 Å². The molecule has 0 spiro atoms. The minimum absolute atomic E-state index is 0.118. The average Bonchev–Trinajstić information content (AvgIpc) is 2.48. The number of para-hydroxylation sites is 1. The average molecular weight is 335 g/mol. The van der Waals surface area contributed by atoms with E-state index in [0.717, 1.165) is 4.47 Å². The molecule has 0 fully saturated rings. The fourth-order valence-electron chi connectivity index (χ4n) is 1.94. The second-order valence-corrected chi connectivity index (χ2v) is 5.02. The Kier molecular flexibility index (Phi) is 4.79. The van der Waals surface area contributed by atoms with E-state index in [4.69, 9.17) is 9.47 Å². The van der Waals surface area contributed by atoms with Crippen LogP contribution in [0.1, 0.15) is 22.8 Å². The van der Waals surface area contributed by atoms with Gasteiger partial charge in [0.2, 0.25) is 5.78 Å². The molecular weight excluding hydrogens is 320 g/mol. The van der Waals surface area contributed by atoms with Gasteiger partial charge in [-0.25, -0.2) is 0 Å². The lowest BCUT2D eigenvalue weighted by Gasteiger charge is -2.12. The van der Waals surface area contributed by atoms with Crippen molar-refractivity contribution in [2.75, 3.05) is 13.7 Å². The van der Waals surface area contributed by atoms with Gasteiger partial charge >= 0.3 is 0 Å². The van der Waals surface area contributed by atoms with Crippen molar-refractivity contribution in [1.29, 1.82) is 0 Å². The number of ether oxygens (including phenoxy) is 2. The van der Waals surface area contributed by atoms with Gasteiger partial charge in [0.1, 0.15) is 11.5 Å². The number of halogens is 1. The molecule has 0 unspecified atom stereocenters. The summed E-state index contributed by atoms with van der Waals surface area (Å²) >= 11 is 3.38. The number of rotatable bonds is 5. The molecule has 0 aliphatic carbocycles. The van der Waals surface area contributed by atoms with Gasteiger partial charge in [0.25, 0.3) is 0 Å². The minimum Gasteiger partial charge on any atom is -0.496 e. The second-order valence-electron chi connectivity index (χ2n) is 4.10. The van der Waals surface area contributed by atoms with Crippen molar-refractivity contribution in [3.8, 4) is 11.5 Å². The molecule has 0 atom stereocenters. The summed E-state index contributed by atoms with van der Waals surface area (Å²) in [5.41, 5.74) is 1.04. The molecule has 4 heteroatoms. The van der Waals surface area contributed by atoms with Crippen molar-refractivity contribution in [1.82, 2.24) is 0 Å². The predicted molar refractivity (Wildman–Crippen MR) is 81.7 cm³/mol. The summed E-state index contributed by atoms with van der Waals surface area (Å²) in [6, 6.07) is 12.6. The van der Waals surface area contributed by atoms with Crippen LogP contribution in [0.15, 0.2) is 46.9 Å². The normalized spacial score (nSPS) is 10.2. The fourth-order valence-corrected chi connectivity index (χ4v) is 2.30. The molecule has 104 valence electrons. The number of hydrogen-bond acceptors (Lipinski definition) is 3. The molecule has 2 aromatic rings. The van der Waals surface area contributed by atoms with E-state index in [1.54, 1.807) is 31.4 Å². The molecular formula is C16H15BrO3. The Morgan fingerprint density at radius 2 is 1.85 bits per heavy atom. The highest BCUT2D eigenvalue weighted by Crippen LogP contribution is 2.28. The lowest BCUT2D eigenvalue weighted by Crippen LogP contribution is -2.07. The van der Waals surface area contributed by atoms with Crippen LogP contribution in [0.3, 0.4) is 0 Å². The third-order valence-corrected chi connectivity index (χ3v) is 3.33. The van der Waals surface area contributed by atoms with Gasteiger partial charge in [-0.1, -0.05) is 28.1 Å². The van der Waals surface area contributed by atoms with Gasteiger partial charge in [0, 0.05) is 4.47 Å². The van der Waals surface area contributed by atoms with E-state index in [1.807, 2.05) is 25.1 Å². The first-order chi connectivity index (χ1) is 9.67. The molecule has 0 heterocycles. The van der Waals surface area contributed by atoms with Crippen LogP contribution in [0.5, 0.6) is 11.5 Å². The van der Waals surface area contributed by atoms with E-state index in [2.05, 4.69) is 15.9 Å². The molecule has 0 radical (unpaired) electrons. The highest BCUT2D eigenvalue weighted by molar-refractivity contribution is 9.10. The molecule has 0 amide bonds. The Balaban J connectivity index is 2.49. The van der Waals surface area contributed by atoms with Crippen LogP contribution in [0.2, 0.25) is 0 Å². The highest BCUT2D eigenvalue weighted by Gasteiger charge is 2.18. The fraction of sp³-hybridized carbons (Fsp3) is 0.188. The van der Waals surface area contributed by atoms with Crippen molar-refractivity contribution in [3.05, 3.63) is 58.1 Å². The highest BCUT2D eigenvalue weighted by atomic mass is 79.9. The van der Waals surface area contributed by atoms with E-state index in [9.17, 15) is 4.79 Å². The summed E-state index contributed by atoms with van der Waals surface area (Å²) in [6.45, 7) is 2.40. The first kappa shape index (κ1) is 14.6. The third-order valence-electron chi connectivity index (χ3n) is 2.84. The molecule has 3 nitrogen and oxygen atoms in total. The van der Waals surface area contributed by atoms with E-state index in [1.165, 1.54) is 0 Å². The number of ketones is 1. The molecule has 0 aliphatic rings. The van der Waals surface area contributed by atoms with Crippen LogP contribution in [0, 0.1) is 0 Å². The Morgan fingerprint density at radius 1 is 1.10 bits per heavy atom. The molecule has 0 saturated heterocycles. The molecule has 0 saturated carbocycles. The van der Waals surface area contributed by atoms with Crippen LogP contribution < -0.4 is 9.47 Å². The topological polar surface area (TPSA) is 35.5 Å². The Hall–Kier alpha value is -1.81. The largest absolute Gasteiger partial charge is 0.496 e. The van der Waals surface area contributed by atoms with Gasteiger partial charge in [-0.2, -0.15) is 0 Å². The van der Waals surface area contributed by atoms with Gasteiger partial charge in [0.15, 0.2) is 0 Å². The number of benzene rings is 2. The maximum atomic E-state index is 12.7. The number of methoxy groups -OCH3 is 1. The smallest absolute Gasteiger partial charge is 0.200 e. The van der Waals surface area contributed by atoms with Crippen molar-refractivity contribution in [2.45, 2.75) is 6.92 Å². The molecule has 20 heavy (non-hydrogen) atoms.